The van der Waals surface area contributed by atoms with Gasteiger partial charge in [-0.1, -0.05) is 18.2 Å². The molecule has 0 bridgehead atoms. The Labute approximate surface area is 75.0 Å². The van der Waals surface area contributed by atoms with Crippen LogP contribution >= 0.6 is 0 Å². The summed E-state index contributed by atoms with van der Waals surface area (Å²) in [7, 11) is 0. The van der Waals surface area contributed by atoms with E-state index in [4.69, 9.17) is 0 Å². The number of carboxylic acid groups (broad SMARTS) is 1. The minimum absolute atomic E-state index is 0.259. The lowest BCUT2D eigenvalue weighted by molar-refractivity contribution is -0.309. The SMILES string of the molecule is O=C([O-])C1(c2ccccc2F)CC1. The zero-order valence-electron chi connectivity index (χ0n) is 6.92. The molecule has 1 aliphatic rings. The molecule has 1 aromatic rings. The number of hydrogen-bond acceptors (Lipinski definition) is 2. The minimum atomic E-state index is -1.17. The lowest BCUT2D eigenvalue weighted by atomic mass is 9.96. The van der Waals surface area contributed by atoms with Crippen molar-refractivity contribution in [3.05, 3.63) is 35.6 Å². The molecule has 2 rings (SSSR count). The third-order valence-corrected chi connectivity index (χ3v) is 2.53. The predicted molar refractivity (Wildman–Crippen MR) is 42.3 cm³/mol. The number of aliphatic carboxylic acids is 1. The summed E-state index contributed by atoms with van der Waals surface area (Å²) in [5.74, 6) is -1.62. The second kappa shape index (κ2) is 2.55. The van der Waals surface area contributed by atoms with E-state index in [9.17, 15) is 14.3 Å². The molecule has 0 radical (unpaired) electrons. The van der Waals surface area contributed by atoms with E-state index < -0.39 is 17.2 Å². The normalized spacial score (nSPS) is 18.2. The molecule has 0 aliphatic heterocycles. The van der Waals surface area contributed by atoms with Crippen LogP contribution in [0.2, 0.25) is 0 Å². The minimum Gasteiger partial charge on any atom is -0.549 e. The third-order valence-electron chi connectivity index (χ3n) is 2.53. The van der Waals surface area contributed by atoms with Gasteiger partial charge >= 0.3 is 0 Å². The molecule has 1 aromatic carbocycles. The maximum atomic E-state index is 13.2. The molecule has 68 valence electrons. The second-order valence-corrected chi connectivity index (χ2v) is 3.35. The predicted octanol–water partition coefficient (Wildman–Crippen LogP) is 0.607. The highest BCUT2D eigenvalue weighted by molar-refractivity contribution is 5.83. The van der Waals surface area contributed by atoms with Crippen LogP contribution in [0.15, 0.2) is 24.3 Å². The summed E-state index contributed by atoms with van der Waals surface area (Å²) in [5, 5.41) is 10.8. The van der Waals surface area contributed by atoms with Gasteiger partial charge in [-0.05, 0) is 24.5 Å². The fourth-order valence-electron chi connectivity index (χ4n) is 1.56. The van der Waals surface area contributed by atoms with E-state index in [1.54, 1.807) is 12.1 Å². The van der Waals surface area contributed by atoms with Crippen LogP contribution in [0.5, 0.6) is 0 Å². The first-order valence-electron chi connectivity index (χ1n) is 4.13. The van der Waals surface area contributed by atoms with Crippen molar-refractivity contribution in [2.24, 2.45) is 0 Å². The molecule has 2 nitrogen and oxygen atoms in total. The topological polar surface area (TPSA) is 40.1 Å². The quantitative estimate of drug-likeness (QED) is 0.667. The maximum absolute atomic E-state index is 13.2. The Hall–Kier alpha value is -1.38. The van der Waals surface area contributed by atoms with E-state index in [0.717, 1.165) is 0 Å². The van der Waals surface area contributed by atoms with Crippen molar-refractivity contribution in [1.29, 1.82) is 0 Å². The summed E-state index contributed by atoms with van der Waals surface area (Å²) < 4.78 is 13.2. The van der Waals surface area contributed by atoms with E-state index in [-0.39, 0.29) is 5.56 Å². The van der Waals surface area contributed by atoms with E-state index in [1.807, 2.05) is 0 Å². The highest BCUT2D eigenvalue weighted by Crippen LogP contribution is 2.48. The molecule has 3 heteroatoms. The van der Waals surface area contributed by atoms with Crippen LogP contribution < -0.4 is 5.11 Å². The average molecular weight is 179 g/mol. The molecule has 1 saturated carbocycles. The Morgan fingerprint density at radius 3 is 2.46 bits per heavy atom. The average Bonchev–Trinajstić information content (AvgIpc) is 2.85. The highest BCUT2D eigenvalue weighted by Gasteiger charge is 2.47. The van der Waals surface area contributed by atoms with Crippen LogP contribution in [-0.4, -0.2) is 5.97 Å². The van der Waals surface area contributed by atoms with Crippen molar-refractivity contribution in [3.8, 4) is 0 Å². The van der Waals surface area contributed by atoms with Crippen molar-refractivity contribution in [3.63, 3.8) is 0 Å². The number of hydrogen-bond donors (Lipinski definition) is 0. The van der Waals surface area contributed by atoms with Gasteiger partial charge in [-0.2, -0.15) is 0 Å². The Kier molecular flexibility index (Phi) is 1.62. The zero-order valence-corrected chi connectivity index (χ0v) is 6.92. The van der Waals surface area contributed by atoms with Crippen LogP contribution in [-0.2, 0) is 10.2 Å². The molecule has 0 unspecified atom stereocenters. The Morgan fingerprint density at radius 2 is 2.00 bits per heavy atom. The van der Waals surface area contributed by atoms with E-state index in [2.05, 4.69) is 0 Å². The lowest BCUT2D eigenvalue weighted by Gasteiger charge is -2.16. The number of carbonyl (C=O) groups excluding carboxylic acids is 1. The van der Waals surface area contributed by atoms with Crippen molar-refractivity contribution in [2.45, 2.75) is 18.3 Å². The number of carboxylic acids is 1. The molecule has 13 heavy (non-hydrogen) atoms. The van der Waals surface area contributed by atoms with E-state index in [0.29, 0.717) is 12.8 Å². The summed E-state index contributed by atoms with van der Waals surface area (Å²) in [6, 6.07) is 5.97. The molecule has 0 N–H and O–H groups in total. The van der Waals surface area contributed by atoms with Crippen LogP contribution in [0.1, 0.15) is 18.4 Å². The Balaban J connectivity index is 2.47. The van der Waals surface area contributed by atoms with Crippen molar-refractivity contribution >= 4 is 5.97 Å². The molecule has 1 fully saturated rings. The van der Waals surface area contributed by atoms with Gasteiger partial charge in [0, 0.05) is 5.41 Å². The van der Waals surface area contributed by atoms with Crippen LogP contribution in [0.4, 0.5) is 4.39 Å². The molecule has 0 atom stereocenters. The first-order valence-corrected chi connectivity index (χ1v) is 4.13. The smallest absolute Gasteiger partial charge is 0.127 e. The molecule has 0 heterocycles. The summed E-state index contributed by atoms with van der Waals surface area (Å²) >= 11 is 0. The fourth-order valence-corrected chi connectivity index (χ4v) is 1.56. The molecule has 1 aliphatic carbocycles. The summed E-state index contributed by atoms with van der Waals surface area (Å²) in [6.07, 6.45) is 0.965. The van der Waals surface area contributed by atoms with E-state index >= 15 is 0 Å². The highest BCUT2D eigenvalue weighted by atomic mass is 19.1. The van der Waals surface area contributed by atoms with Gasteiger partial charge in [0.1, 0.15) is 5.82 Å². The molecule has 0 aromatic heterocycles. The maximum Gasteiger partial charge on any atom is 0.127 e. The second-order valence-electron chi connectivity index (χ2n) is 3.35. The van der Waals surface area contributed by atoms with Crippen molar-refractivity contribution in [2.75, 3.05) is 0 Å². The Morgan fingerprint density at radius 1 is 1.38 bits per heavy atom. The molecule has 0 spiro atoms. The number of benzene rings is 1. The van der Waals surface area contributed by atoms with E-state index in [1.165, 1.54) is 12.1 Å². The van der Waals surface area contributed by atoms with Crippen molar-refractivity contribution < 1.29 is 14.3 Å². The van der Waals surface area contributed by atoms with Gasteiger partial charge in [-0.25, -0.2) is 4.39 Å². The first-order chi connectivity index (χ1) is 6.17. The molecular formula is C10H8FO2-. The van der Waals surface area contributed by atoms with Gasteiger partial charge in [0.05, 0.1) is 5.97 Å². The summed E-state index contributed by atoms with van der Waals surface area (Å²) in [5.41, 5.74) is -0.777. The Bertz CT molecular complexity index is 356. The van der Waals surface area contributed by atoms with Gasteiger partial charge in [-0.15, -0.1) is 0 Å². The van der Waals surface area contributed by atoms with Crippen LogP contribution in [0.25, 0.3) is 0 Å². The third kappa shape index (κ3) is 1.11. The lowest BCUT2D eigenvalue weighted by Crippen LogP contribution is -2.36. The fraction of sp³-hybridized carbons (Fsp3) is 0.300. The van der Waals surface area contributed by atoms with Crippen molar-refractivity contribution in [1.82, 2.24) is 0 Å². The number of rotatable bonds is 2. The van der Waals surface area contributed by atoms with Crippen LogP contribution in [0.3, 0.4) is 0 Å². The van der Waals surface area contributed by atoms with Crippen LogP contribution in [0, 0.1) is 5.82 Å². The summed E-state index contributed by atoms with van der Waals surface area (Å²) in [4.78, 5) is 10.8. The van der Waals surface area contributed by atoms with Gasteiger partial charge < -0.3 is 9.90 Å². The molecule has 0 saturated heterocycles. The standard InChI is InChI=1S/C10H9FO2/c11-8-4-2-1-3-7(8)10(5-6-10)9(12)13/h1-4H,5-6H2,(H,12,13)/p-1. The van der Waals surface area contributed by atoms with Gasteiger partial charge in [0.15, 0.2) is 0 Å². The molecular weight excluding hydrogens is 171 g/mol. The van der Waals surface area contributed by atoms with Gasteiger partial charge in [-0.3, -0.25) is 0 Å². The largest absolute Gasteiger partial charge is 0.549 e. The zero-order chi connectivity index (χ0) is 9.47. The summed E-state index contributed by atoms with van der Waals surface area (Å²) in [6.45, 7) is 0. The first kappa shape index (κ1) is 8.23. The monoisotopic (exact) mass is 179 g/mol. The number of halogens is 1. The molecule has 0 amide bonds. The van der Waals surface area contributed by atoms with Gasteiger partial charge in [0.25, 0.3) is 0 Å². The van der Waals surface area contributed by atoms with Gasteiger partial charge in [0.2, 0.25) is 0 Å². The number of carbonyl (C=O) groups is 1.